The summed E-state index contributed by atoms with van der Waals surface area (Å²) in [6, 6.07) is 0. The maximum absolute atomic E-state index is 13.4. The number of esters is 5. The summed E-state index contributed by atoms with van der Waals surface area (Å²) in [5.41, 5.74) is -2.24. The Balaban J connectivity index is 5.22. The largest absolute Gasteiger partial charge is 0.466 e. The predicted molar refractivity (Wildman–Crippen MR) is 157 cm³/mol. The van der Waals surface area contributed by atoms with Crippen LogP contribution in [0.3, 0.4) is 0 Å². The lowest BCUT2D eigenvalue weighted by atomic mass is 9.69. The van der Waals surface area contributed by atoms with E-state index in [2.05, 4.69) is 15.9 Å². The van der Waals surface area contributed by atoms with Gasteiger partial charge in [-0.05, 0) is 99.8 Å². The predicted octanol–water partition coefficient (Wildman–Crippen LogP) is 5.85. The van der Waals surface area contributed by atoms with Crippen molar-refractivity contribution >= 4 is 45.8 Å². The molecule has 0 aliphatic rings. The molecule has 0 spiro atoms. The van der Waals surface area contributed by atoms with Gasteiger partial charge in [-0.2, -0.15) is 0 Å². The zero-order valence-electron chi connectivity index (χ0n) is 26.1. The summed E-state index contributed by atoms with van der Waals surface area (Å²) in [6.07, 6.45) is 4.51. The molecule has 0 heterocycles. The lowest BCUT2D eigenvalue weighted by molar-refractivity contribution is -0.164. The Morgan fingerprint density at radius 1 is 0.537 bits per heavy atom. The van der Waals surface area contributed by atoms with Gasteiger partial charge < -0.3 is 23.7 Å². The molecule has 0 aliphatic carbocycles. The summed E-state index contributed by atoms with van der Waals surface area (Å²) < 4.78 is 24.9. The quantitative estimate of drug-likeness (QED) is 0.0608. The van der Waals surface area contributed by atoms with Crippen LogP contribution in [0.5, 0.6) is 0 Å². The number of hydrogen-bond acceptors (Lipinski definition) is 10. The summed E-state index contributed by atoms with van der Waals surface area (Å²) in [4.78, 5) is 62.0. The van der Waals surface area contributed by atoms with Gasteiger partial charge in [-0.1, -0.05) is 15.9 Å². The summed E-state index contributed by atoms with van der Waals surface area (Å²) in [6.45, 7) is 13.2. The molecule has 0 aliphatic heterocycles. The molecule has 0 fully saturated rings. The van der Waals surface area contributed by atoms with E-state index in [1.165, 1.54) is 0 Å². The van der Waals surface area contributed by atoms with E-state index in [9.17, 15) is 24.0 Å². The van der Waals surface area contributed by atoms with E-state index < -0.39 is 33.1 Å². The van der Waals surface area contributed by atoms with E-state index in [0.717, 1.165) is 0 Å². The van der Waals surface area contributed by atoms with Crippen LogP contribution in [0.15, 0.2) is 0 Å². The highest BCUT2D eigenvalue weighted by Gasteiger charge is 2.49. The van der Waals surface area contributed by atoms with E-state index in [0.29, 0.717) is 64.6 Å². The molecular formula is C30H51BrO10. The number of halogens is 1. The third-order valence-electron chi connectivity index (χ3n) is 6.43. The maximum Gasteiger partial charge on any atom is 0.322 e. The van der Waals surface area contributed by atoms with Gasteiger partial charge in [0.1, 0.15) is 4.32 Å². The molecule has 0 bridgehead atoms. The van der Waals surface area contributed by atoms with Crippen LogP contribution in [-0.2, 0) is 47.7 Å². The third-order valence-corrected chi connectivity index (χ3v) is 7.03. The summed E-state index contributed by atoms with van der Waals surface area (Å²) in [5, 5.41) is 0. The monoisotopic (exact) mass is 650 g/mol. The van der Waals surface area contributed by atoms with Crippen molar-refractivity contribution in [3.63, 3.8) is 0 Å². The minimum absolute atomic E-state index is 0.0201. The minimum atomic E-state index is -1.23. The molecule has 0 aromatic carbocycles. The Kier molecular flexibility index (Phi) is 18.8. The Labute approximate surface area is 254 Å². The molecule has 0 aromatic rings. The number of hydrogen-bond donors (Lipinski definition) is 0. The van der Waals surface area contributed by atoms with E-state index in [1.54, 1.807) is 48.5 Å². The first-order valence-electron chi connectivity index (χ1n) is 14.7. The van der Waals surface area contributed by atoms with Crippen LogP contribution < -0.4 is 0 Å². The number of ether oxygens (including phenoxy) is 5. The smallest absolute Gasteiger partial charge is 0.322 e. The van der Waals surface area contributed by atoms with Crippen LogP contribution in [0.2, 0.25) is 0 Å². The topological polar surface area (TPSA) is 132 Å². The van der Waals surface area contributed by atoms with Crippen molar-refractivity contribution in [1.82, 2.24) is 0 Å². The first-order valence-corrected chi connectivity index (χ1v) is 15.5. The van der Waals surface area contributed by atoms with Crippen molar-refractivity contribution in [2.45, 2.75) is 117 Å². The summed E-state index contributed by atoms with van der Waals surface area (Å²) in [7, 11) is 0. The van der Waals surface area contributed by atoms with Crippen LogP contribution >= 0.6 is 15.9 Å². The average molecular weight is 652 g/mol. The van der Waals surface area contributed by atoms with Gasteiger partial charge in [0.2, 0.25) is 0 Å². The molecule has 10 nitrogen and oxygen atoms in total. The summed E-state index contributed by atoms with van der Waals surface area (Å²) in [5.74, 6) is -2.00. The molecule has 0 N–H and O–H groups in total. The van der Waals surface area contributed by atoms with Crippen molar-refractivity contribution in [2.24, 2.45) is 10.8 Å². The molecule has 0 aromatic heterocycles. The molecule has 41 heavy (non-hydrogen) atoms. The second-order valence-corrected chi connectivity index (χ2v) is 13.0. The van der Waals surface area contributed by atoms with Crippen molar-refractivity contribution in [1.29, 1.82) is 0 Å². The molecule has 2 atom stereocenters. The van der Waals surface area contributed by atoms with E-state index in [4.69, 9.17) is 23.7 Å². The van der Waals surface area contributed by atoms with Crippen LogP contribution in [-0.4, -0.2) is 67.2 Å². The maximum atomic E-state index is 13.4. The molecule has 0 radical (unpaired) electrons. The number of unbranched alkanes of at least 4 members (excludes halogenated alkanes) is 4. The van der Waals surface area contributed by atoms with Crippen molar-refractivity contribution in [2.75, 3.05) is 33.0 Å². The lowest BCUT2D eigenvalue weighted by Crippen LogP contribution is -2.45. The van der Waals surface area contributed by atoms with Gasteiger partial charge in [-0.15, -0.1) is 0 Å². The minimum Gasteiger partial charge on any atom is -0.466 e. The SMILES string of the molecule is CCOC(=O)CCCCCOC(=O)C(C)(Br)CC(C)(CC(C)(C)C(=O)OCC)C(=O)OCCCCCC(=O)OCC. The zero-order valence-corrected chi connectivity index (χ0v) is 27.7. The van der Waals surface area contributed by atoms with E-state index in [-0.39, 0.29) is 44.6 Å². The Morgan fingerprint density at radius 3 is 1.41 bits per heavy atom. The van der Waals surface area contributed by atoms with Crippen molar-refractivity contribution in [3.05, 3.63) is 0 Å². The Bertz CT molecular complexity index is 839. The third kappa shape index (κ3) is 16.2. The first kappa shape index (κ1) is 38.8. The number of carbonyl (C=O) groups is 5. The fraction of sp³-hybridized carbons (Fsp3) is 0.833. The highest BCUT2D eigenvalue weighted by Crippen LogP contribution is 2.44. The molecule has 0 amide bonds. The van der Waals surface area contributed by atoms with Crippen molar-refractivity contribution < 1.29 is 47.7 Å². The standard InChI is InChI=1S/C30H51BrO10/c1-8-37-23(32)17-13-11-15-19-40-26(35)29(6,21-28(4,5)25(34)39-10-3)22-30(7,31)27(36)41-20-16-12-14-18-24(33)38-9-2/h8-22H2,1-7H3. The van der Waals surface area contributed by atoms with Crippen LogP contribution in [0.1, 0.15) is 113 Å². The van der Waals surface area contributed by atoms with Crippen LogP contribution in [0.4, 0.5) is 0 Å². The molecule has 238 valence electrons. The van der Waals surface area contributed by atoms with Gasteiger partial charge in [-0.25, -0.2) is 0 Å². The zero-order chi connectivity index (χ0) is 31.5. The Morgan fingerprint density at radius 2 is 0.976 bits per heavy atom. The second kappa shape index (κ2) is 19.9. The fourth-order valence-corrected chi connectivity index (χ4v) is 5.34. The fourth-order valence-electron chi connectivity index (χ4n) is 4.60. The van der Waals surface area contributed by atoms with E-state index in [1.807, 2.05) is 0 Å². The molecular weight excluding hydrogens is 600 g/mol. The second-order valence-electron chi connectivity index (χ2n) is 11.2. The van der Waals surface area contributed by atoms with Crippen LogP contribution in [0, 0.1) is 10.8 Å². The number of rotatable bonds is 22. The molecule has 0 saturated carbocycles. The molecule has 2 unspecified atom stereocenters. The normalized spacial score (nSPS) is 14.2. The van der Waals surface area contributed by atoms with Gasteiger partial charge in [0.25, 0.3) is 0 Å². The lowest BCUT2D eigenvalue weighted by Gasteiger charge is -2.37. The van der Waals surface area contributed by atoms with Gasteiger partial charge in [0, 0.05) is 12.8 Å². The first-order chi connectivity index (χ1) is 19.1. The highest BCUT2D eigenvalue weighted by molar-refractivity contribution is 9.10. The molecule has 0 rings (SSSR count). The molecule has 11 heteroatoms. The molecule has 0 saturated heterocycles. The van der Waals surface area contributed by atoms with Crippen molar-refractivity contribution in [3.8, 4) is 0 Å². The number of alkyl halides is 1. The van der Waals surface area contributed by atoms with Gasteiger partial charge in [-0.3, -0.25) is 24.0 Å². The van der Waals surface area contributed by atoms with E-state index >= 15 is 0 Å². The summed E-state index contributed by atoms with van der Waals surface area (Å²) >= 11 is 3.47. The average Bonchev–Trinajstić information content (AvgIpc) is 2.87. The van der Waals surface area contributed by atoms with Gasteiger partial charge in [0.15, 0.2) is 0 Å². The number of carbonyl (C=O) groups excluding carboxylic acids is 5. The Hall–Kier alpha value is -2.17. The van der Waals surface area contributed by atoms with Gasteiger partial charge >= 0.3 is 29.8 Å². The highest BCUT2D eigenvalue weighted by atomic mass is 79.9. The van der Waals surface area contributed by atoms with Crippen LogP contribution in [0.25, 0.3) is 0 Å². The van der Waals surface area contributed by atoms with Gasteiger partial charge in [0.05, 0.1) is 43.9 Å².